The highest BCUT2D eigenvalue weighted by Gasteiger charge is 2.28. The summed E-state index contributed by atoms with van der Waals surface area (Å²) in [5.74, 6) is -0.186. The van der Waals surface area contributed by atoms with Crippen LogP contribution in [-0.4, -0.2) is 20.1 Å². The van der Waals surface area contributed by atoms with Gasteiger partial charge in [-0.15, -0.1) is 0 Å². The summed E-state index contributed by atoms with van der Waals surface area (Å²) < 4.78 is 31.5. The Balaban J connectivity index is 1.61. The third-order valence-corrected chi connectivity index (χ3v) is 6.95. The van der Waals surface area contributed by atoms with Gasteiger partial charge in [0, 0.05) is 12.1 Å². The lowest BCUT2D eigenvalue weighted by Crippen LogP contribution is -2.30. The highest BCUT2D eigenvalue weighted by Crippen LogP contribution is 2.27. The molecule has 2 N–H and O–H groups in total. The first-order chi connectivity index (χ1) is 16.9. The maximum absolute atomic E-state index is 13.0. The molecule has 0 aliphatic rings. The van der Waals surface area contributed by atoms with E-state index in [-0.39, 0.29) is 19.4 Å². The van der Waals surface area contributed by atoms with Gasteiger partial charge in [0.25, 0.3) is 0 Å². The minimum absolute atomic E-state index is 0.0199. The number of carbonyl (C=O) groups excluding carboxylic acids is 1. The second kappa shape index (κ2) is 12.9. The first kappa shape index (κ1) is 26.3. The van der Waals surface area contributed by atoms with Crippen molar-refractivity contribution in [2.24, 2.45) is 0 Å². The molecule has 0 aliphatic carbocycles. The number of nitrogens with one attached hydrogen (secondary N) is 2. The maximum Gasteiger partial charge on any atom is 0.311 e. The molecule has 3 aromatic carbocycles. The van der Waals surface area contributed by atoms with Crippen LogP contribution in [0.25, 0.3) is 0 Å². The third-order valence-electron chi connectivity index (χ3n) is 5.35. The van der Waals surface area contributed by atoms with Gasteiger partial charge in [0.1, 0.15) is 11.0 Å². The van der Waals surface area contributed by atoms with E-state index < -0.39 is 21.2 Å². The minimum Gasteiger partial charge on any atom is -0.427 e. The Morgan fingerprint density at radius 2 is 1.54 bits per heavy atom. The molecule has 0 heterocycles. The second-order valence-electron chi connectivity index (χ2n) is 8.07. The van der Waals surface area contributed by atoms with Crippen LogP contribution in [0, 0.1) is 5.41 Å². The summed E-state index contributed by atoms with van der Waals surface area (Å²) in [4.78, 5) is 20.0. The molecule has 7 nitrogen and oxygen atoms in total. The van der Waals surface area contributed by atoms with Gasteiger partial charge in [-0.3, -0.25) is 9.63 Å². The number of rotatable bonds is 13. The molecular weight excluding hydrogens is 464 g/mol. The van der Waals surface area contributed by atoms with Crippen molar-refractivity contribution in [3.05, 3.63) is 102 Å². The highest BCUT2D eigenvalue weighted by atomic mass is 32.2. The van der Waals surface area contributed by atoms with Crippen LogP contribution in [0.3, 0.4) is 0 Å². The van der Waals surface area contributed by atoms with Crippen LogP contribution in [0.2, 0.25) is 0 Å². The van der Waals surface area contributed by atoms with Crippen molar-refractivity contribution in [2.75, 3.05) is 0 Å². The van der Waals surface area contributed by atoms with Crippen LogP contribution < -0.4 is 9.62 Å². The van der Waals surface area contributed by atoms with Gasteiger partial charge in [-0.1, -0.05) is 78.9 Å². The maximum atomic E-state index is 13.0. The van der Waals surface area contributed by atoms with Gasteiger partial charge in [-0.05, 0) is 53.8 Å². The zero-order valence-electron chi connectivity index (χ0n) is 19.6. The molecule has 0 saturated carbocycles. The minimum atomic E-state index is -3.94. The number of sulfonamides is 1. The predicted molar refractivity (Wildman–Crippen MR) is 136 cm³/mol. The quantitative estimate of drug-likeness (QED) is 0.145. The lowest BCUT2D eigenvalue weighted by Gasteiger charge is -2.18. The molecule has 8 heteroatoms. The number of hydrogen-bond acceptors (Lipinski definition) is 6. The van der Waals surface area contributed by atoms with Crippen LogP contribution in [0.15, 0.2) is 84.9 Å². The lowest BCUT2D eigenvalue weighted by atomic mass is 10.1. The van der Waals surface area contributed by atoms with Gasteiger partial charge < -0.3 is 10.1 Å². The Bertz CT molecular complexity index is 1200. The molecule has 0 radical (unpaired) electrons. The summed E-state index contributed by atoms with van der Waals surface area (Å²) in [6, 6.07) is 24.7. The van der Waals surface area contributed by atoms with E-state index in [0.717, 1.165) is 17.5 Å². The fourth-order valence-electron chi connectivity index (χ4n) is 3.55. The summed E-state index contributed by atoms with van der Waals surface area (Å²) in [5, 5.41) is 7.01. The fourth-order valence-corrected chi connectivity index (χ4v) is 4.83. The van der Waals surface area contributed by atoms with Crippen molar-refractivity contribution >= 4 is 21.7 Å². The van der Waals surface area contributed by atoms with Crippen LogP contribution in [0.4, 0.5) is 0 Å². The van der Waals surface area contributed by atoms with Gasteiger partial charge >= 0.3 is 5.97 Å². The monoisotopic (exact) mass is 494 g/mol. The molecule has 0 aliphatic heterocycles. The van der Waals surface area contributed by atoms with Gasteiger partial charge in [0.2, 0.25) is 10.0 Å². The van der Waals surface area contributed by atoms with Crippen molar-refractivity contribution < 1.29 is 22.8 Å². The van der Waals surface area contributed by atoms with Crippen molar-refractivity contribution in [2.45, 2.75) is 44.5 Å². The standard InChI is InChI=1S/C27H30N2O5S/c1-2-9-25(28)22-14-16-24(17-15-22)34-27(30)19-18-26(23-12-7-4-8-13-23)35(31,32)29-33-20-21-10-5-3-6-11-21/h3-8,10-17,26,28-29H,2,9,18-20H2,1H3. The first-order valence-corrected chi connectivity index (χ1v) is 13.0. The van der Waals surface area contributed by atoms with E-state index in [1.807, 2.05) is 37.3 Å². The zero-order chi connectivity index (χ0) is 25.1. The Morgan fingerprint density at radius 3 is 2.17 bits per heavy atom. The zero-order valence-corrected chi connectivity index (χ0v) is 20.5. The normalized spacial score (nSPS) is 12.1. The van der Waals surface area contributed by atoms with Crippen LogP contribution in [0.1, 0.15) is 54.5 Å². The molecule has 3 rings (SSSR count). The largest absolute Gasteiger partial charge is 0.427 e. The SMILES string of the molecule is CCCC(=N)c1ccc(OC(=O)CCC(c2ccccc2)S(=O)(=O)NOCc2ccccc2)cc1. The van der Waals surface area contributed by atoms with E-state index in [0.29, 0.717) is 23.4 Å². The smallest absolute Gasteiger partial charge is 0.311 e. The van der Waals surface area contributed by atoms with Crippen LogP contribution in [0.5, 0.6) is 5.75 Å². The lowest BCUT2D eigenvalue weighted by molar-refractivity contribution is -0.134. The molecule has 184 valence electrons. The average molecular weight is 495 g/mol. The Kier molecular flexibility index (Phi) is 9.72. The molecule has 0 fully saturated rings. The Hall–Kier alpha value is -3.33. The number of esters is 1. The summed E-state index contributed by atoms with van der Waals surface area (Å²) in [5.41, 5.74) is 2.69. The molecule has 0 saturated heterocycles. The molecule has 1 atom stereocenters. The molecule has 0 aromatic heterocycles. The van der Waals surface area contributed by atoms with E-state index in [1.165, 1.54) is 0 Å². The fraction of sp³-hybridized carbons (Fsp3) is 0.259. The number of hydrogen-bond donors (Lipinski definition) is 2. The summed E-state index contributed by atoms with van der Waals surface area (Å²) >= 11 is 0. The average Bonchev–Trinajstić information content (AvgIpc) is 2.86. The molecule has 3 aromatic rings. The number of ether oxygens (including phenoxy) is 1. The van der Waals surface area contributed by atoms with Crippen LogP contribution in [-0.2, 0) is 26.3 Å². The summed E-state index contributed by atoms with van der Waals surface area (Å²) in [6.45, 7) is 2.09. The Labute approximate surface area is 206 Å². The summed E-state index contributed by atoms with van der Waals surface area (Å²) in [7, 11) is -3.94. The number of carbonyl (C=O) groups is 1. The molecular formula is C27H30N2O5S. The van der Waals surface area contributed by atoms with Crippen molar-refractivity contribution in [3.8, 4) is 5.75 Å². The van der Waals surface area contributed by atoms with Crippen molar-refractivity contribution in [1.82, 2.24) is 4.89 Å². The topological polar surface area (TPSA) is 106 Å². The van der Waals surface area contributed by atoms with E-state index >= 15 is 0 Å². The molecule has 35 heavy (non-hydrogen) atoms. The number of benzene rings is 3. The highest BCUT2D eigenvalue weighted by molar-refractivity contribution is 7.89. The van der Waals surface area contributed by atoms with Gasteiger partial charge in [0.05, 0.1) is 6.61 Å². The van der Waals surface area contributed by atoms with E-state index in [9.17, 15) is 13.2 Å². The predicted octanol–water partition coefficient (Wildman–Crippen LogP) is 5.33. The Morgan fingerprint density at radius 1 is 0.914 bits per heavy atom. The second-order valence-corrected chi connectivity index (χ2v) is 9.89. The molecule has 1 unspecified atom stereocenters. The van der Waals surface area contributed by atoms with E-state index in [4.69, 9.17) is 15.0 Å². The molecule has 0 bridgehead atoms. The van der Waals surface area contributed by atoms with Crippen molar-refractivity contribution in [1.29, 1.82) is 5.41 Å². The van der Waals surface area contributed by atoms with E-state index in [2.05, 4.69) is 4.89 Å². The van der Waals surface area contributed by atoms with Gasteiger partial charge in [-0.25, -0.2) is 8.42 Å². The van der Waals surface area contributed by atoms with Gasteiger partial charge in [0.15, 0.2) is 0 Å². The molecule has 0 amide bonds. The van der Waals surface area contributed by atoms with Crippen LogP contribution >= 0.6 is 0 Å². The first-order valence-electron chi connectivity index (χ1n) is 11.5. The molecule has 0 spiro atoms. The van der Waals surface area contributed by atoms with Crippen molar-refractivity contribution in [3.63, 3.8) is 0 Å². The van der Waals surface area contributed by atoms with Gasteiger partial charge in [-0.2, -0.15) is 0 Å². The summed E-state index contributed by atoms with van der Waals surface area (Å²) in [6.07, 6.45) is 1.48. The van der Waals surface area contributed by atoms with E-state index in [1.54, 1.807) is 54.6 Å². The third kappa shape index (κ3) is 8.13.